The Labute approximate surface area is 90.7 Å². The van der Waals surface area contributed by atoms with Crippen LogP contribution in [0.2, 0.25) is 0 Å². The lowest BCUT2D eigenvalue weighted by molar-refractivity contribution is 0.184. The Hall–Kier alpha value is -1.95. The molecule has 16 heavy (non-hydrogen) atoms. The Balaban J connectivity index is 2.66. The molecule has 0 aliphatic heterocycles. The number of methoxy groups -OCH3 is 1. The van der Waals surface area contributed by atoms with E-state index in [9.17, 15) is 9.59 Å². The number of nitrogens with zero attached hydrogens (tertiary/aromatic N) is 3. The first-order valence-electron chi connectivity index (χ1n) is 4.81. The molecule has 0 aliphatic rings. The summed E-state index contributed by atoms with van der Waals surface area (Å²) in [6.45, 7) is 0.509. The first-order chi connectivity index (χ1) is 7.74. The molecule has 6 nitrogen and oxygen atoms in total. The van der Waals surface area contributed by atoms with Crippen molar-refractivity contribution in [1.82, 2.24) is 14.0 Å². The van der Waals surface area contributed by atoms with E-state index in [1.807, 2.05) is 0 Å². The van der Waals surface area contributed by atoms with Crippen LogP contribution in [0.1, 0.15) is 0 Å². The Morgan fingerprint density at radius 2 is 2.19 bits per heavy atom. The third-order valence-electron chi connectivity index (χ3n) is 2.24. The van der Waals surface area contributed by atoms with Crippen LogP contribution in [0, 0.1) is 0 Å². The van der Waals surface area contributed by atoms with Gasteiger partial charge in [-0.3, -0.25) is 4.40 Å². The van der Waals surface area contributed by atoms with Gasteiger partial charge in [-0.15, -0.1) is 0 Å². The molecule has 0 fully saturated rings. The van der Waals surface area contributed by atoms with E-state index in [4.69, 9.17) is 4.74 Å². The fourth-order valence-corrected chi connectivity index (χ4v) is 1.43. The number of hydrogen-bond donors (Lipinski definition) is 0. The molecular formula is C10H11N3O3. The minimum atomic E-state index is -0.548. The zero-order valence-corrected chi connectivity index (χ0v) is 8.79. The fraction of sp³-hybridized carbons (Fsp3) is 0.300. The highest BCUT2D eigenvalue weighted by molar-refractivity contribution is 5.35. The van der Waals surface area contributed by atoms with Gasteiger partial charge in [0.2, 0.25) is 0 Å². The van der Waals surface area contributed by atoms with Gasteiger partial charge in [-0.1, -0.05) is 6.07 Å². The predicted molar refractivity (Wildman–Crippen MR) is 57.6 cm³/mol. The van der Waals surface area contributed by atoms with Crippen molar-refractivity contribution in [2.45, 2.75) is 6.54 Å². The molecule has 0 bridgehead atoms. The minimum Gasteiger partial charge on any atom is -0.383 e. The van der Waals surface area contributed by atoms with E-state index in [2.05, 4.69) is 4.98 Å². The molecule has 2 heterocycles. The summed E-state index contributed by atoms with van der Waals surface area (Å²) < 4.78 is 7.21. The minimum absolute atomic E-state index is 0.207. The second-order valence-corrected chi connectivity index (χ2v) is 3.25. The summed E-state index contributed by atoms with van der Waals surface area (Å²) in [6, 6.07) is 5.05. The van der Waals surface area contributed by atoms with Gasteiger partial charge in [-0.05, 0) is 12.1 Å². The van der Waals surface area contributed by atoms with Crippen LogP contribution in [-0.2, 0) is 11.3 Å². The van der Waals surface area contributed by atoms with Gasteiger partial charge in [0.15, 0.2) is 0 Å². The number of pyridine rings is 1. The summed E-state index contributed by atoms with van der Waals surface area (Å²) >= 11 is 0. The lowest BCUT2D eigenvalue weighted by Gasteiger charge is -2.05. The topological polar surface area (TPSA) is 65.6 Å². The number of hydrogen-bond acceptors (Lipinski definition) is 4. The molecule has 2 rings (SSSR count). The Morgan fingerprint density at radius 1 is 1.38 bits per heavy atom. The van der Waals surface area contributed by atoms with Crippen molar-refractivity contribution in [3.63, 3.8) is 0 Å². The van der Waals surface area contributed by atoms with Gasteiger partial charge in [-0.25, -0.2) is 14.2 Å². The van der Waals surface area contributed by atoms with Crippen molar-refractivity contribution in [2.24, 2.45) is 0 Å². The van der Waals surface area contributed by atoms with Gasteiger partial charge in [-0.2, -0.15) is 4.98 Å². The molecular weight excluding hydrogens is 210 g/mol. The lowest BCUT2D eigenvalue weighted by Crippen LogP contribution is -2.40. The highest BCUT2D eigenvalue weighted by Crippen LogP contribution is 1.91. The maximum absolute atomic E-state index is 11.9. The molecule has 0 atom stereocenters. The SMILES string of the molecule is COCCn1c(=O)nc2ccccn2c1=O. The van der Waals surface area contributed by atoms with Gasteiger partial charge in [0.05, 0.1) is 13.2 Å². The first-order valence-corrected chi connectivity index (χ1v) is 4.81. The number of rotatable bonds is 3. The van der Waals surface area contributed by atoms with E-state index in [0.717, 1.165) is 4.57 Å². The quantitative estimate of drug-likeness (QED) is 0.701. The monoisotopic (exact) mass is 221 g/mol. The van der Waals surface area contributed by atoms with Crippen LogP contribution in [0.15, 0.2) is 34.0 Å². The van der Waals surface area contributed by atoms with Crippen molar-refractivity contribution < 1.29 is 4.74 Å². The summed E-state index contributed by atoms with van der Waals surface area (Å²) in [7, 11) is 1.51. The normalized spacial score (nSPS) is 10.8. The molecule has 0 saturated heterocycles. The summed E-state index contributed by atoms with van der Waals surface area (Å²) in [5, 5.41) is 0. The third-order valence-corrected chi connectivity index (χ3v) is 2.24. The van der Waals surface area contributed by atoms with E-state index < -0.39 is 11.4 Å². The molecule has 0 aliphatic carbocycles. The standard InChI is InChI=1S/C10H11N3O3/c1-16-7-6-13-9(14)11-8-4-2-3-5-12(8)10(13)15/h2-5H,6-7H2,1H3. The zero-order valence-electron chi connectivity index (χ0n) is 8.79. The third kappa shape index (κ3) is 1.74. The molecule has 0 N–H and O–H groups in total. The van der Waals surface area contributed by atoms with Crippen LogP contribution in [0.5, 0.6) is 0 Å². The van der Waals surface area contributed by atoms with Crippen molar-refractivity contribution in [1.29, 1.82) is 0 Å². The second kappa shape index (κ2) is 4.28. The molecule has 0 radical (unpaired) electrons. The van der Waals surface area contributed by atoms with E-state index in [-0.39, 0.29) is 6.54 Å². The van der Waals surface area contributed by atoms with Crippen molar-refractivity contribution in [3.05, 3.63) is 45.4 Å². The Morgan fingerprint density at radius 3 is 2.94 bits per heavy atom. The van der Waals surface area contributed by atoms with Crippen LogP contribution in [0.4, 0.5) is 0 Å². The summed E-state index contributed by atoms with van der Waals surface area (Å²) in [5.74, 6) is 0. The largest absolute Gasteiger partial charge is 0.383 e. The smallest absolute Gasteiger partial charge is 0.353 e. The van der Waals surface area contributed by atoms with E-state index >= 15 is 0 Å². The summed E-state index contributed by atoms with van der Waals surface area (Å²) in [6.07, 6.45) is 1.58. The molecule has 2 aromatic rings. The van der Waals surface area contributed by atoms with Gasteiger partial charge >= 0.3 is 11.4 Å². The summed E-state index contributed by atoms with van der Waals surface area (Å²) in [4.78, 5) is 27.2. The highest BCUT2D eigenvalue weighted by Gasteiger charge is 2.05. The summed E-state index contributed by atoms with van der Waals surface area (Å²) in [5.41, 5.74) is -0.591. The average Bonchev–Trinajstić information content (AvgIpc) is 2.29. The Kier molecular flexibility index (Phi) is 2.82. The van der Waals surface area contributed by atoms with E-state index in [0.29, 0.717) is 12.3 Å². The maximum atomic E-state index is 11.9. The van der Waals surface area contributed by atoms with E-state index in [1.165, 1.54) is 11.5 Å². The van der Waals surface area contributed by atoms with Crippen molar-refractivity contribution in [2.75, 3.05) is 13.7 Å². The number of ether oxygens (including phenoxy) is 1. The lowest BCUT2D eigenvalue weighted by atomic mass is 10.5. The van der Waals surface area contributed by atoms with Crippen LogP contribution in [0.25, 0.3) is 5.65 Å². The molecule has 6 heteroatoms. The van der Waals surface area contributed by atoms with Gasteiger partial charge in [0.1, 0.15) is 5.65 Å². The molecule has 84 valence electrons. The molecule has 0 spiro atoms. The number of aromatic nitrogens is 3. The fourth-order valence-electron chi connectivity index (χ4n) is 1.43. The molecule has 0 aromatic carbocycles. The van der Waals surface area contributed by atoms with Crippen LogP contribution in [0.3, 0.4) is 0 Å². The predicted octanol–water partition coefficient (Wildman–Crippen LogP) is -0.497. The van der Waals surface area contributed by atoms with Crippen LogP contribution >= 0.6 is 0 Å². The first kappa shape index (κ1) is 10.6. The van der Waals surface area contributed by atoms with Gasteiger partial charge < -0.3 is 4.74 Å². The molecule has 0 amide bonds. The van der Waals surface area contributed by atoms with Crippen LogP contribution < -0.4 is 11.4 Å². The molecule has 0 saturated carbocycles. The molecule has 2 aromatic heterocycles. The average molecular weight is 221 g/mol. The molecule has 0 unspecified atom stereocenters. The van der Waals surface area contributed by atoms with Crippen LogP contribution in [-0.4, -0.2) is 27.7 Å². The Bertz CT molecular complexity index is 614. The van der Waals surface area contributed by atoms with Crippen molar-refractivity contribution in [3.8, 4) is 0 Å². The maximum Gasteiger partial charge on any atom is 0.353 e. The van der Waals surface area contributed by atoms with Crippen molar-refractivity contribution >= 4 is 5.65 Å². The second-order valence-electron chi connectivity index (χ2n) is 3.25. The zero-order chi connectivity index (χ0) is 11.5. The van der Waals surface area contributed by atoms with Gasteiger partial charge in [0, 0.05) is 13.3 Å². The van der Waals surface area contributed by atoms with E-state index in [1.54, 1.807) is 24.4 Å². The highest BCUT2D eigenvalue weighted by atomic mass is 16.5. The number of fused-ring (bicyclic) bond motifs is 1. The van der Waals surface area contributed by atoms with Gasteiger partial charge in [0.25, 0.3) is 0 Å².